The first-order valence-electron chi connectivity index (χ1n) is 15.7. The Morgan fingerprint density at radius 3 is 2.09 bits per heavy atom. The Labute approximate surface area is 276 Å². The van der Waals surface area contributed by atoms with Crippen LogP contribution in [-0.4, -0.2) is 50.7 Å². The van der Waals surface area contributed by atoms with Gasteiger partial charge in [0.2, 0.25) is 0 Å². The summed E-state index contributed by atoms with van der Waals surface area (Å²) in [6.45, 7) is 20.1. The van der Waals surface area contributed by atoms with Gasteiger partial charge in [-0.3, -0.25) is 0 Å². The molecule has 3 aromatic carbocycles. The summed E-state index contributed by atoms with van der Waals surface area (Å²) in [4.78, 5) is 13.4. The fourth-order valence-electron chi connectivity index (χ4n) is 4.93. The molecule has 0 bridgehead atoms. The van der Waals surface area contributed by atoms with Crippen LogP contribution in [0.25, 0.3) is 0 Å². The van der Waals surface area contributed by atoms with Gasteiger partial charge in [-0.25, -0.2) is 4.79 Å². The summed E-state index contributed by atoms with van der Waals surface area (Å²) < 4.78 is 32.9. The van der Waals surface area contributed by atoms with Crippen molar-refractivity contribution in [2.45, 2.75) is 108 Å². The molecular weight excluding hydrogens is 601 g/mol. The maximum atomic E-state index is 13.4. The third-order valence-corrected chi connectivity index (χ3v) is 13.7. The number of carbonyl (C=O) groups is 1. The highest BCUT2D eigenvalue weighted by Crippen LogP contribution is 2.41. The van der Waals surface area contributed by atoms with Crippen molar-refractivity contribution in [2.75, 3.05) is 6.61 Å². The quantitative estimate of drug-likeness (QED) is 0.135. The maximum Gasteiger partial charge on any atom is 0.338 e. The smallest absolute Gasteiger partial charge is 0.338 e. The molecule has 0 unspecified atom stereocenters. The summed E-state index contributed by atoms with van der Waals surface area (Å²) in [5, 5.41) is -0.105. The van der Waals surface area contributed by atoms with Crippen LogP contribution in [0.5, 0.6) is 5.75 Å². The Hall–Kier alpha value is -2.62. The molecule has 0 saturated carbocycles. The van der Waals surface area contributed by atoms with E-state index in [9.17, 15) is 4.79 Å². The van der Waals surface area contributed by atoms with Crippen LogP contribution in [-0.2, 0) is 30.7 Å². The molecule has 1 saturated heterocycles. The minimum Gasteiger partial charge on any atom is -0.490 e. The van der Waals surface area contributed by atoms with Gasteiger partial charge < -0.3 is 23.4 Å². The average molecular weight is 651 g/mol. The van der Waals surface area contributed by atoms with Gasteiger partial charge in [-0.05, 0) is 65.4 Å². The molecule has 0 N–H and O–H groups in total. The van der Waals surface area contributed by atoms with Crippen LogP contribution in [0.3, 0.4) is 0 Å². The van der Waals surface area contributed by atoms with E-state index in [0.29, 0.717) is 12.2 Å². The lowest BCUT2D eigenvalue weighted by Gasteiger charge is -2.49. The number of aryl methyl sites for hydroxylation is 1. The second-order valence-electron chi connectivity index (χ2n) is 14.4. The van der Waals surface area contributed by atoms with Crippen molar-refractivity contribution in [2.24, 2.45) is 0 Å². The molecule has 0 aromatic heterocycles. The zero-order valence-corrected chi connectivity index (χ0v) is 30.1. The second-order valence-corrected chi connectivity index (χ2v) is 19.7. The van der Waals surface area contributed by atoms with E-state index in [4.69, 9.17) is 36.0 Å². The van der Waals surface area contributed by atoms with Crippen molar-refractivity contribution >= 4 is 26.9 Å². The van der Waals surface area contributed by atoms with Gasteiger partial charge in [-0.2, -0.15) is 0 Å². The number of rotatable bonds is 10. The number of thiol groups is 1. The van der Waals surface area contributed by atoms with Gasteiger partial charge in [-0.1, -0.05) is 102 Å². The Bertz CT molecular complexity index is 1400. The van der Waals surface area contributed by atoms with Gasteiger partial charge in [0.1, 0.15) is 36.1 Å². The molecule has 244 valence electrons. The van der Waals surface area contributed by atoms with Crippen LogP contribution in [0.1, 0.15) is 68.6 Å². The van der Waals surface area contributed by atoms with Crippen molar-refractivity contribution in [3.63, 3.8) is 0 Å². The SMILES string of the molecule is Cc1ccc(C(C)(C)C)cc1OC[C@H]1O[C@@H](S)[C@H](OC(=O)c2ccccc2)[C@@H](O[Si](C)(C)C(C)(C)C)[C@@H]1OCc1ccccc1. The highest BCUT2D eigenvalue weighted by molar-refractivity contribution is 7.80. The van der Waals surface area contributed by atoms with Gasteiger partial charge in [0, 0.05) is 0 Å². The summed E-state index contributed by atoms with van der Waals surface area (Å²) in [6.07, 6.45) is -2.62. The van der Waals surface area contributed by atoms with E-state index in [-0.39, 0.29) is 17.1 Å². The molecule has 0 radical (unpaired) electrons. The van der Waals surface area contributed by atoms with Crippen molar-refractivity contribution in [1.29, 1.82) is 0 Å². The van der Waals surface area contributed by atoms with Crippen LogP contribution in [0.4, 0.5) is 0 Å². The summed E-state index contributed by atoms with van der Waals surface area (Å²) in [7, 11) is -2.40. The largest absolute Gasteiger partial charge is 0.490 e. The standard InChI is InChI=1S/C37H50O6SSi/c1-25-20-21-28(36(2,3)4)22-29(25)39-24-30-31(40-23-26-16-12-10-13-17-26)32(43-45(8,9)37(5,6)7)33(35(44)41-30)42-34(38)27-18-14-11-15-19-27/h10-22,30-33,35,44H,23-24H2,1-9H3/t30-,31-,32+,33-,35+/m1/s1. The summed E-state index contributed by atoms with van der Waals surface area (Å²) in [5.74, 6) is 0.334. The zero-order valence-electron chi connectivity index (χ0n) is 28.2. The molecular formula is C37H50O6SSi. The molecule has 4 rings (SSSR count). The van der Waals surface area contributed by atoms with Gasteiger partial charge >= 0.3 is 5.97 Å². The first-order chi connectivity index (χ1) is 21.1. The van der Waals surface area contributed by atoms with E-state index in [0.717, 1.165) is 16.9 Å². The van der Waals surface area contributed by atoms with Crippen LogP contribution in [0.15, 0.2) is 78.9 Å². The Kier molecular flexibility index (Phi) is 11.3. The molecule has 3 aromatic rings. The van der Waals surface area contributed by atoms with Crippen molar-refractivity contribution in [1.82, 2.24) is 0 Å². The number of esters is 1. The summed E-state index contributed by atoms with van der Waals surface area (Å²) in [5.41, 5.74) is 2.89. The van der Waals surface area contributed by atoms with Gasteiger partial charge in [0.25, 0.3) is 0 Å². The predicted octanol–water partition coefficient (Wildman–Crippen LogP) is 8.53. The predicted molar refractivity (Wildman–Crippen MR) is 186 cm³/mol. The first-order valence-corrected chi connectivity index (χ1v) is 19.2. The number of hydrogen-bond acceptors (Lipinski definition) is 7. The average Bonchev–Trinajstić information content (AvgIpc) is 2.97. The molecule has 0 spiro atoms. The molecule has 0 aliphatic carbocycles. The minimum absolute atomic E-state index is 0.0252. The molecule has 1 aliphatic rings. The highest BCUT2D eigenvalue weighted by Gasteiger charge is 2.52. The Morgan fingerprint density at radius 2 is 1.49 bits per heavy atom. The third-order valence-electron chi connectivity index (χ3n) is 8.84. The van der Waals surface area contributed by atoms with Crippen molar-refractivity contribution in [3.8, 4) is 5.75 Å². The summed E-state index contributed by atoms with van der Waals surface area (Å²) in [6, 6.07) is 25.3. The number of carbonyl (C=O) groups excluding carboxylic acids is 1. The lowest BCUT2D eigenvalue weighted by Crippen LogP contribution is -2.63. The van der Waals surface area contributed by atoms with Crippen LogP contribution < -0.4 is 4.74 Å². The number of hydrogen-bond donors (Lipinski definition) is 1. The normalized spacial score (nSPS) is 22.6. The van der Waals surface area contributed by atoms with Crippen LogP contribution >= 0.6 is 12.6 Å². The summed E-state index contributed by atoms with van der Waals surface area (Å²) >= 11 is 4.84. The second kappa shape index (κ2) is 14.4. The topological polar surface area (TPSA) is 63.2 Å². The molecule has 0 amide bonds. The van der Waals surface area contributed by atoms with E-state index in [2.05, 4.69) is 72.8 Å². The molecule has 8 heteroatoms. The van der Waals surface area contributed by atoms with Gasteiger partial charge in [0.15, 0.2) is 14.4 Å². The monoisotopic (exact) mass is 650 g/mol. The Morgan fingerprint density at radius 1 is 0.867 bits per heavy atom. The Balaban J connectivity index is 1.70. The van der Waals surface area contributed by atoms with Crippen LogP contribution in [0, 0.1) is 6.92 Å². The minimum atomic E-state index is -2.40. The lowest BCUT2D eigenvalue weighted by molar-refractivity contribution is -0.217. The van der Waals surface area contributed by atoms with Crippen LogP contribution in [0.2, 0.25) is 18.1 Å². The van der Waals surface area contributed by atoms with E-state index < -0.39 is 44.1 Å². The highest BCUT2D eigenvalue weighted by atomic mass is 32.1. The van der Waals surface area contributed by atoms with E-state index in [1.165, 1.54) is 5.56 Å². The molecule has 45 heavy (non-hydrogen) atoms. The van der Waals surface area contributed by atoms with Gasteiger partial charge in [0.05, 0.1) is 12.2 Å². The first kappa shape index (κ1) is 35.2. The number of ether oxygens (including phenoxy) is 4. The molecule has 1 aliphatic heterocycles. The van der Waals surface area contributed by atoms with Gasteiger partial charge in [-0.15, -0.1) is 12.6 Å². The zero-order chi connectivity index (χ0) is 33.0. The van der Waals surface area contributed by atoms with Crippen molar-refractivity contribution < 1.29 is 28.2 Å². The fraction of sp³-hybridized carbons (Fsp3) is 0.486. The lowest BCUT2D eigenvalue weighted by atomic mass is 9.86. The van der Waals surface area contributed by atoms with E-state index in [1.807, 2.05) is 55.5 Å². The molecule has 5 atom stereocenters. The van der Waals surface area contributed by atoms with Crippen molar-refractivity contribution in [3.05, 3.63) is 101 Å². The third kappa shape index (κ3) is 9.01. The molecule has 6 nitrogen and oxygen atoms in total. The van der Waals surface area contributed by atoms with E-state index >= 15 is 0 Å². The van der Waals surface area contributed by atoms with E-state index in [1.54, 1.807) is 12.1 Å². The fourth-order valence-corrected chi connectivity index (χ4v) is 6.62. The number of benzene rings is 3. The maximum absolute atomic E-state index is 13.4. The molecule has 1 heterocycles. The molecule has 1 fully saturated rings.